The first-order valence-electron chi connectivity index (χ1n) is 6.19. The van der Waals surface area contributed by atoms with Crippen molar-refractivity contribution in [2.24, 2.45) is 11.3 Å². The van der Waals surface area contributed by atoms with Crippen molar-refractivity contribution in [2.75, 3.05) is 12.3 Å². The number of aliphatic hydroxyl groups is 1. The number of nitrogens with one attached hydrogen (secondary N) is 1. The van der Waals surface area contributed by atoms with Gasteiger partial charge in [0.1, 0.15) is 0 Å². The average Bonchev–Trinajstić information content (AvgIpc) is 2.91. The first-order valence-corrected chi connectivity index (χ1v) is 6.82. The molecule has 0 saturated heterocycles. The van der Waals surface area contributed by atoms with Crippen LogP contribution in [0.3, 0.4) is 0 Å². The Balaban J connectivity index is 1.64. The molecule has 2 rings (SSSR count). The molecule has 0 radical (unpaired) electrons. The number of hydrogen-bond acceptors (Lipinski definition) is 3. The van der Waals surface area contributed by atoms with Crippen LogP contribution in [0.5, 0.6) is 0 Å². The van der Waals surface area contributed by atoms with Gasteiger partial charge in [0.25, 0.3) is 0 Å². The fourth-order valence-electron chi connectivity index (χ4n) is 2.46. The number of hydrogen-bond donors (Lipinski definition) is 3. The lowest BCUT2D eigenvalue weighted by Gasteiger charge is -2.14. The van der Waals surface area contributed by atoms with Crippen LogP contribution in [-0.2, 0) is 4.79 Å². The third-order valence-electron chi connectivity index (χ3n) is 3.93. The number of aliphatic hydroxyl groups excluding tert-OH is 1. The summed E-state index contributed by atoms with van der Waals surface area (Å²) in [6.45, 7) is 0.735. The molecule has 2 fully saturated rings. The average molecular weight is 243 g/mol. The summed E-state index contributed by atoms with van der Waals surface area (Å²) < 4.78 is 0. The zero-order chi connectivity index (χ0) is 11.6. The second-order valence-electron chi connectivity index (χ2n) is 5.47. The van der Waals surface area contributed by atoms with E-state index in [0.29, 0.717) is 12.3 Å². The highest BCUT2D eigenvalue weighted by Crippen LogP contribution is 2.49. The molecule has 2 N–H and O–H groups in total. The van der Waals surface area contributed by atoms with Crippen molar-refractivity contribution in [2.45, 2.75) is 44.6 Å². The first kappa shape index (κ1) is 12.2. The lowest BCUT2D eigenvalue weighted by Crippen LogP contribution is -2.30. The fraction of sp³-hybridized carbons (Fsp3) is 0.917. The molecule has 2 unspecified atom stereocenters. The van der Waals surface area contributed by atoms with E-state index in [1.807, 2.05) is 0 Å². The van der Waals surface area contributed by atoms with Crippen molar-refractivity contribution >= 4 is 18.5 Å². The minimum atomic E-state index is -0.144. The summed E-state index contributed by atoms with van der Waals surface area (Å²) in [4.78, 5) is 11.7. The van der Waals surface area contributed by atoms with Gasteiger partial charge in [0.15, 0.2) is 0 Å². The highest BCUT2D eigenvalue weighted by atomic mass is 32.1. The van der Waals surface area contributed by atoms with E-state index in [9.17, 15) is 9.90 Å². The molecule has 92 valence electrons. The van der Waals surface area contributed by atoms with Crippen LogP contribution in [0.4, 0.5) is 0 Å². The van der Waals surface area contributed by atoms with Crippen LogP contribution in [0, 0.1) is 11.3 Å². The standard InChI is InChI=1S/C12H21NO2S/c14-10-2-1-9(5-10)7-13-11(15)6-12(8-16)3-4-12/h9-10,14,16H,1-8H2,(H,13,15). The lowest BCUT2D eigenvalue weighted by molar-refractivity contribution is -0.122. The van der Waals surface area contributed by atoms with Gasteiger partial charge in [-0.3, -0.25) is 4.79 Å². The Hall–Kier alpha value is -0.220. The number of rotatable bonds is 5. The van der Waals surface area contributed by atoms with Crippen molar-refractivity contribution < 1.29 is 9.90 Å². The van der Waals surface area contributed by atoms with Gasteiger partial charge in [0.2, 0.25) is 5.91 Å². The first-order chi connectivity index (χ1) is 7.63. The quantitative estimate of drug-likeness (QED) is 0.639. The molecule has 0 spiro atoms. The van der Waals surface area contributed by atoms with E-state index >= 15 is 0 Å². The normalized spacial score (nSPS) is 31.4. The molecule has 2 saturated carbocycles. The van der Waals surface area contributed by atoms with E-state index in [1.54, 1.807) is 0 Å². The maximum Gasteiger partial charge on any atom is 0.220 e. The molecule has 0 aromatic carbocycles. The molecule has 3 nitrogen and oxygen atoms in total. The summed E-state index contributed by atoms with van der Waals surface area (Å²) in [7, 11) is 0. The van der Waals surface area contributed by atoms with Crippen molar-refractivity contribution in [3.05, 3.63) is 0 Å². The van der Waals surface area contributed by atoms with Gasteiger partial charge in [0.05, 0.1) is 6.10 Å². The molecule has 2 atom stereocenters. The summed E-state index contributed by atoms with van der Waals surface area (Å²) >= 11 is 4.29. The maximum absolute atomic E-state index is 11.7. The van der Waals surface area contributed by atoms with Crippen molar-refractivity contribution in [3.63, 3.8) is 0 Å². The molecular weight excluding hydrogens is 222 g/mol. The van der Waals surface area contributed by atoms with Crippen LogP contribution >= 0.6 is 12.6 Å². The van der Waals surface area contributed by atoms with E-state index in [2.05, 4.69) is 17.9 Å². The molecular formula is C12H21NO2S. The summed E-state index contributed by atoms with van der Waals surface area (Å²) in [5.74, 6) is 1.46. The molecule has 2 aliphatic rings. The number of amides is 1. The third kappa shape index (κ3) is 3.14. The highest BCUT2D eigenvalue weighted by Gasteiger charge is 2.42. The Morgan fingerprint density at radius 1 is 1.44 bits per heavy atom. The molecule has 2 aliphatic carbocycles. The summed E-state index contributed by atoms with van der Waals surface area (Å²) in [5, 5.41) is 12.4. The van der Waals surface area contributed by atoms with E-state index in [1.165, 1.54) is 0 Å². The second-order valence-corrected chi connectivity index (χ2v) is 5.79. The zero-order valence-electron chi connectivity index (χ0n) is 9.61. The van der Waals surface area contributed by atoms with Gasteiger partial charge < -0.3 is 10.4 Å². The molecule has 0 bridgehead atoms. The number of thiol groups is 1. The van der Waals surface area contributed by atoms with Crippen LogP contribution in [0.1, 0.15) is 38.5 Å². The predicted octanol–water partition coefficient (Wildman–Crippen LogP) is 1.36. The summed E-state index contributed by atoms with van der Waals surface area (Å²) in [6, 6.07) is 0. The molecule has 16 heavy (non-hydrogen) atoms. The Morgan fingerprint density at radius 3 is 2.69 bits per heavy atom. The Bertz CT molecular complexity index is 266. The van der Waals surface area contributed by atoms with Gasteiger partial charge in [0, 0.05) is 13.0 Å². The predicted molar refractivity (Wildman–Crippen MR) is 66.5 cm³/mol. The van der Waals surface area contributed by atoms with Crippen molar-refractivity contribution in [1.29, 1.82) is 0 Å². The SMILES string of the molecule is O=C(CC1(CS)CC1)NCC1CCC(O)C1. The van der Waals surface area contributed by atoms with Crippen LogP contribution in [0.15, 0.2) is 0 Å². The number of carbonyl (C=O) groups excluding carboxylic acids is 1. The minimum absolute atomic E-state index is 0.144. The smallest absolute Gasteiger partial charge is 0.220 e. The number of carbonyl (C=O) groups is 1. The van der Waals surface area contributed by atoms with Crippen LogP contribution in [0.2, 0.25) is 0 Å². The fourth-order valence-corrected chi connectivity index (χ4v) is 2.89. The lowest BCUT2D eigenvalue weighted by atomic mass is 10.0. The van der Waals surface area contributed by atoms with Crippen molar-refractivity contribution in [3.8, 4) is 0 Å². The Kier molecular flexibility index (Phi) is 3.80. The van der Waals surface area contributed by atoms with Crippen LogP contribution in [0.25, 0.3) is 0 Å². The van der Waals surface area contributed by atoms with Gasteiger partial charge in [-0.1, -0.05) is 0 Å². The van der Waals surface area contributed by atoms with Crippen molar-refractivity contribution in [1.82, 2.24) is 5.32 Å². The maximum atomic E-state index is 11.7. The van der Waals surface area contributed by atoms with Gasteiger partial charge in [-0.25, -0.2) is 0 Å². The molecule has 0 aliphatic heterocycles. The third-order valence-corrected chi connectivity index (χ3v) is 4.60. The largest absolute Gasteiger partial charge is 0.393 e. The highest BCUT2D eigenvalue weighted by molar-refractivity contribution is 7.80. The topological polar surface area (TPSA) is 49.3 Å². The molecule has 0 aromatic heterocycles. The molecule has 0 heterocycles. The van der Waals surface area contributed by atoms with Gasteiger partial charge in [-0.2, -0.15) is 12.6 Å². The van der Waals surface area contributed by atoms with Crippen LogP contribution in [-0.4, -0.2) is 29.4 Å². The summed E-state index contributed by atoms with van der Waals surface area (Å²) in [5.41, 5.74) is 0.211. The molecule has 1 amide bonds. The van der Waals surface area contributed by atoms with E-state index < -0.39 is 0 Å². The minimum Gasteiger partial charge on any atom is -0.393 e. The Labute approximate surface area is 102 Å². The summed E-state index contributed by atoms with van der Waals surface area (Å²) in [6.07, 6.45) is 5.55. The second kappa shape index (κ2) is 4.96. The Morgan fingerprint density at radius 2 is 2.19 bits per heavy atom. The van der Waals surface area contributed by atoms with Crippen LogP contribution < -0.4 is 5.32 Å². The van der Waals surface area contributed by atoms with E-state index in [4.69, 9.17) is 0 Å². The van der Waals surface area contributed by atoms with E-state index in [-0.39, 0.29) is 17.4 Å². The molecule has 0 aromatic rings. The van der Waals surface area contributed by atoms with Gasteiger partial charge in [-0.15, -0.1) is 0 Å². The van der Waals surface area contributed by atoms with E-state index in [0.717, 1.165) is 44.4 Å². The molecule has 4 heteroatoms. The zero-order valence-corrected chi connectivity index (χ0v) is 10.5. The van der Waals surface area contributed by atoms with Gasteiger partial charge in [-0.05, 0) is 49.2 Å². The van der Waals surface area contributed by atoms with Gasteiger partial charge >= 0.3 is 0 Å². The monoisotopic (exact) mass is 243 g/mol.